The summed E-state index contributed by atoms with van der Waals surface area (Å²) in [5.74, 6) is 1.84. The summed E-state index contributed by atoms with van der Waals surface area (Å²) in [6, 6.07) is 8.23. The second-order valence-corrected chi connectivity index (χ2v) is 10.4. The number of likely N-dealkylation sites (tertiary alicyclic amines) is 1. The summed E-state index contributed by atoms with van der Waals surface area (Å²) in [6.45, 7) is 9.32. The summed E-state index contributed by atoms with van der Waals surface area (Å²) in [5.41, 5.74) is 5.15. The van der Waals surface area contributed by atoms with Crippen LogP contribution < -0.4 is 10.3 Å². The summed E-state index contributed by atoms with van der Waals surface area (Å²) in [7, 11) is 5.41. The maximum atomic E-state index is 12.2. The van der Waals surface area contributed by atoms with Gasteiger partial charge in [0.05, 0.1) is 18.8 Å². The van der Waals surface area contributed by atoms with Gasteiger partial charge in [0.15, 0.2) is 0 Å². The first kappa shape index (κ1) is 25.0. The van der Waals surface area contributed by atoms with E-state index in [1.807, 2.05) is 25.3 Å². The highest BCUT2D eigenvalue weighted by atomic mass is 16.5. The van der Waals surface area contributed by atoms with Crippen LogP contribution in [0.2, 0.25) is 0 Å². The Hall–Kier alpha value is -3.06. The molecule has 0 spiro atoms. The maximum absolute atomic E-state index is 12.2. The van der Waals surface area contributed by atoms with Crippen LogP contribution in [0.1, 0.15) is 43.7 Å². The zero-order valence-electron chi connectivity index (χ0n) is 21.9. The molecule has 7 nitrogen and oxygen atoms in total. The van der Waals surface area contributed by atoms with Crippen LogP contribution in [0.25, 0.3) is 22.2 Å². The van der Waals surface area contributed by atoms with Gasteiger partial charge in [0, 0.05) is 49.4 Å². The summed E-state index contributed by atoms with van der Waals surface area (Å²) < 4.78 is 7.91. The van der Waals surface area contributed by atoms with Crippen molar-refractivity contribution in [2.75, 3.05) is 40.3 Å². The van der Waals surface area contributed by atoms with Crippen molar-refractivity contribution in [2.24, 2.45) is 13.0 Å². The first-order valence-electron chi connectivity index (χ1n) is 12.5. The van der Waals surface area contributed by atoms with E-state index >= 15 is 0 Å². The molecule has 3 heterocycles. The quantitative estimate of drug-likeness (QED) is 0.554. The van der Waals surface area contributed by atoms with E-state index in [0.717, 1.165) is 59.4 Å². The number of amides is 1. The van der Waals surface area contributed by atoms with E-state index in [2.05, 4.69) is 35.9 Å². The number of likely N-dealkylation sites (N-methyl/N-ethyl adjacent to an activating group) is 1. The van der Waals surface area contributed by atoms with Gasteiger partial charge in [0.2, 0.25) is 5.91 Å². The van der Waals surface area contributed by atoms with Crippen LogP contribution >= 0.6 is 0 Å². The van der Waals surface area contributed by atoms with Crippen LogP contribution in [0, 0.1) is 12.8 Å². The highest BCUT2D eigenvalue weighted by Crippen LogP contribution is 2.37. The molecule has 0 radical (unpaired) electrons. The minimum atomic E-state index is 0.0294. The van der Waals surface area contributed by atoms with Crippen LogP contribution in [0.4, 0.5) is 0 Å². The monoisotopic (exact) mass is 478 g/mol. The smallest absolute Gasteiger partial charge is 0.253 e. The number of piperidine rings is 1. The predicted molar refractivity (Wildman–Crippen MR) is 141 cm³/mol. The molecule has 2 aromatic heterocycles. The number of nitrogens with zero attached hydrogens (tertiary/aromatic N) is 3. The van der Waals surface area contributed by atoms with Gasteiger partial charge in [0.25, 0.3) is 5.56 Å². The fourth-order valence-corrected chi connectivity index (χ4v) is 4.98. The number of aryl methyl sites for hydroxylation is 2. The van der Waals surface area contributed by atoms with Crippen molar-refractivity contribution < 1.29 is 9.53 Å². The number of fused-ring (bicyclic) bond motifs is 1. The Labute approximate surface area is 207 Å². The molecule has 188 valence electrons. The Morgan fingerprint density at radius 3 is 2.54 bits per heavy atom. The molecule has 35 heavy (non-hydrogen) atoms. The highest BCUT2D eigenvalue weighted by Gasteiger charge is 2.22. The Kier molecular flexibility index (Phi) is 7.36. The zero-order valence-corrected chi connectivity index (χ0v) is 21.9. The molecule has 1 N–H and O–H groups in total. The number of aromatic nitrogens is 2. The lowest BCUT2D eigenvalue weighted by Gasteiger charge is -2.31. The molecular formula is C28H38N4O3. The van der Waals surface area contributed by atoms with Gasteiger partial charge in [-0.05, 0) is 74.5 Å². The first-order valence-corrected chi connectivity index (χ1v) is 12.5. The highest BCUT2D eigenvalue weighted by molar-refractivity contribution is 5.92. The van der Waals surface area contributed by atoms with Crippen molar-refractivity contribution in [1.82, 2.24) is 19.4 Å². The van der Waals surface area contributed by atoms with Gasteiger partial charge in [0.1, 0.15) is 5.75 Å². The molecule has 7 heteroatoms. The zero-order chi connectivity index (χ0) is 25.3. The van der Waals surface area contributed by atoms with E-state index in [-0.39, 0.29) is 11.5 Å². The number of H-pyrrole nitrogens is 1. The van der Waals surface area contributed by atoms with Gasteiger partial charge in [-0.15, -0.1) is 0 Å². The number of carbonyl (C=O) groups is 1. The minimum Gasteiger partial charge on any atom is -0.493 e. The largest absolute Gasteiger partial charge is 0.493 e. The Morgan fingerprint density at radius 2 is 1.91 bits per heavy atom. The van der Waals surface area contributed by atoms with Gasteiger partial charge in [-0.1, -0.05) is 13.8 Å². The summed E-state index contributed by atoms with van der Waals surface area (Å²) >= 11 is 0. The van der Waals surface area contributed by atoms with Crippen molar-refractivity contribution in [3.63, 3.8) is 0 Å². The summed E-state index contributed by atoms with van der Waals surface area (Å²) in [5, 5.41) is 1.16. The number of benzene rings is 1. The van der Waals surface area contributed by atoms with Crippen LogP contribution in [-0.2, 0) is 11.8 Å². The lowest BCUT2D eigenvalue weighted by Crippen LogP contribution is -2.41. The fourth-order valence-electron chi connectivity index (χ4n) is 4.98. The van der Waals surface area contributed by atoms with Crippen molar-refractivity contribution in [3.8, 4) is 17.0 Å². The second-order valence-electron chi connectivity index (χ2n) is 10.4. The van der Waals surface area contributed by atoms with Crippen molar-refractivity contribution in [3.05, 3.63) is 51.9 Å². The lowest BCUT2D eigenvalue weighted by molar-refractivity contribution is -0.130. The number of hydrogen-bond acceptors (Lipinski definition) is 4. The van der Waals surface area contributed by atoms with Crippen molar-refractivity contribution in [1.29, 1.82) is 0 Å². The summed E-state index contributed by atoms with van der Waals surface area (Å²) in [4.78, 5) is 31.7. The number of nitrogens with one attached hydrogen (secondary N) is 1. The molecule has 4 rings (SSSR count). The maximum Gasteiger partial charge on any atom is 0.253 e. The number of hydrogen-bond donors (Lipinski definition) is 1. The molecule has 1 aromatic carbocycles. The number of carbonyl (C=O) groups excluding carboxylic acids is 1. The Morgan fingerprint density at radius 1 is 1.20 bits per heavy atom. The molecule has 1 aliphatic rings. The van der Waals surface area contributed by atoms with Gasteiger partial charge < -0.3 is 19.2 Å². The average molecular weight is 479 g/mol. The van der Waals surface area contributed by atoms with E-state index in [4.69, 9.17) is 4.74 Å². The Balaban J connectivity index is 1.49. The number of ether oxygens (including phenoxy) is 1. The fraction of sp³-hybridized carbons (Fsp3) is 0.500. The minimum absolute atomic E-state index is 0.0294. The third-order valence-corrected chi connectivity index (χ3v) is 7.09. The average Bonchev–Trinajstić information content (AvgIpc) is 3.21. The van der Waals surface area contributed by atoms with E-state index in [0.29, 0.717) is 25.0 Å². The molecule has 0 saturated carbocycles. The molecule has 1 amide bonds. The molecule has 1 saturated heterocycles. The first-order chi connectivity index (χ1) is 16.6. The third kappa shape index (κ3) is 5.45. The molecule has 3 aromatic rings. The molecule has 1 aliphatic heterocycles. The van der Waals surface area contributed by atoms with E-state index in [1.54, 1.807) is 30.6 Å². The Bertz CT molecular complexity index is 1240. The molecular weight excluding hydrogens is 440 g/mol. The van der Waals surface area contributed by atoms with Crippen LogP contribution in [0.15, 0.2) is 35.3 Å². The predicted octanol–water partition coefficient (Wildman–Crippen LogP) is 4.14. The van der Waals surface area contributed by atoms with E-state index in [1.165, 1.54) is 5.56 Å². The van der Waals surface area contributed by atoms with Gasteiger partial charge in [-0.3, -0.25) is 14.5 Å². The molecule has 0 atom stereocenters. The second kappa shape index (κ2) is 10.3. The normalized spacial score (nSPS) is 15.2. The number of pyridine rings is 1. The molecule has 0 unspecified atom stereocenters. The van der Waals surface area contributed by atoms with Crippen LogP contribution in [0.3, 0.4) is 0 Å². The topological polar surface area (TPSA) is 70.6 Å². The standard InChI is InChI=1S/C28H38N4O3/c1-18(2)26-23-14-22(35-17-20-9-11-32(12-10-20)16-25(33)30(4)5)7-8-24(23)29-27(26)21-13-19(3)28(34)31(6)15-21/h7-8,13-15,18,20,29H,9-12,16-17H2,1-6H3. The molecule has 0 bridgehead atoms. The molecule has 0 aliphatic carbocycles. The van der Waals surface area contributed by atoms with E-state index in [9.17, 15) is 9.59 Å². The van der Waals surface area contributed by atoms with Crippen molar-refractivity contribution >= 4 is 16.8 Å². The summed E-state index contributed by atoms with van der Waals surface area (Å²) in [6.07, 6.45) is 3.99. The van der Waals surface area contributed by atoms with E-state index < -0.39 is 0 Å². The van der Waals surface area contributed by atoms with Gasteiger partial charge >= 0.3 is 0 Å². The lowest BCUT2D eigenvalue weighted by atomic mass is 9.96. The SMILES string of the molecule is Cc1cc(-c2[nH]c3ccc(OCC4CCN(CC(=O)N(C)C)CC4)cc3c2C(C)C)cn(C)c1=O. The van der Waals surface area contributed by atoms with Gasteiger partial charge in [-0.2, -0.15) is 0 Å². The molecule has 1 fully saturated rings. The number of aromatic amines is 1. The number of rotatable bonds is 7. The van der Waals surface area contributed by atoms with Crippen molar-refractivity contribution in [2.45, 2.75) is 39.5 Å². The van der Waals surface area contributed by atoms with Crippen LogP contribution in [-0.4, -0.2) is 65.6 Å². The third-order valence-electron chi connectivity index (χ3n) is 7.09. The van der Waals surface area contributed by atoms with Gasteiger partial charge in [-0.25, -0.2) is 0 Å². The van der Waals surface area contributed by atoms with Crippen LogP contribution in [0.5, 0.6) is 5.75 Å².